The summed E-state index contributed by atoms with van der Waals surface area (Å²) in [6, 6.07) is 1.80. The molecule has 7 nitrogen and oxygen atoms in total. The topological polar surface area (TPSA) is 87.2 Å². The number of hydrogen-bond acceptors (Lipinski definition) is 5. The van der Waals surface area contributed by atoms with E-state index in [1.165, 1.54) is 6.07 Å². The average molecular weight is 418 g/mol. The summed E-state index contributed by atoms with van der Waals surface area (Å²) in [6.07, 6.45) is -5.51. The largest absolute Gasteiger partial charge is 0.480 e. The number of ether oxygens (including phenoxy) is 1. The van der Waals surface area contributed by atoms with Crippen LogP contribution in [0.3, 0.4) is 0 Å². The lowest BCUT2D eigenvalue weighted by Crippen LogP contribution is -2.59. The molecular weight excluding hydrogens is 401 g/mol. The fourth-order valence-corrected chi connectivity index (χ4v) is 3.05. The molecule has 1 aromatic rings. The third-order valence-corrected chi connectivity index (χ3v) is 4.66. The molecule has 2 amide bonds. The highest BCUT2D eigenvalue weighted by molar-refractivity contribution is 7.80. The fourth-order valence-electron chi connectivity index (χ4n) is 2.78. The maximum Gasteiger partial charge on any atom is 0.417 e. The Morgan fingerprint density at radius 3 is 2.46 bits per heavy atom. The summed E-state index contributed by atoms with van der Waals surface area (Å²) < 4.78 is 43.7. The van der Waals surface area contributed by atoms with Crippen molar-refractivity contribution in [2.24, 2.45) is 0 Å². The number of amides is 2. The SMILES string of the molecule is C=C(C(=O)N1CCN(C(=O)OC)C(C(=O)O)C1)c1ccc(S)c(C(F)(F)F)c1. The minimum Gasteiger partial charge on any atom is -0.480 e. The fraction of sp³-hybridized carbons (Fsp3) is 0.353. The molecule has 0 aromatic heterocycles. The van der Waals surface area contributed by atoms with E-state index in [2.05, 4.69) is 23.9 Å². The first-order valence-corrected chi connectivity index (χ1v) is 8.38. The van der Waals surface area contributed by atoms with Crippen molar-refractivity contribution in [1.29, 1.82) is 0 Å². The van der Waals surface area contributed by atoms with E-state index in [0.717, 1.165) is 29.0 Å². The molecule has 1 unspecified atom stereocenters. The van der Waals surface area contributed by atoms with E-state index in [4.69, 9.17) is 0 Å². The number of nitrogens with zero attached hydrogens (tertiary/aromatic N) is 2. The molecule has 0 saturated carbocycles. The third kappa shape index (κ3) is 4.41. The van der Waals surface area contributed by atoms with Crippen molar-refractivity contribution >= 4 is 36.2 Å². The average Bonchev–Trinajstić information content (AvgIpc) is 2.65. The normalized spacial score (nSPS) is 17.2. The summed E-state index contributed by atoms with van der Waals surface area (Å²) in [4.78, 5) is 37.6. The summed E-state index contributed by atoms with van der Waals surface area (Å²) in [5.74, 6) is -2.07. The number of piperazine rings is 1. The molecule has 28 heavy (non-hydrogen) atoms. The Bertz CT molecular complexity index is 828. The molecule has 1 aromatic carbocycles. The van der Waals surface area contributed by atoms with Gasteiger partial charge < -0.3 is 14.7 Å². The Kier molecular flexibility index (Phi) is 6.27. The first kappa shape index (κ1) is 21.6. The van der Waals surface area contributed by atoms with Crippen molar-refractivity contribution in [3.8, 4) is 0 Å². The summed E-state index contributed by atoms with van der Waals surface area (Å²) in [5, 5.41) is 9.32. The molecule has 1 atom stereocenters. The van der Waals surface area contributed by atoms with Gasteiger partial charge in [-0.15, -0.1) is 12.6 Å². The van der Waals surface area contributed by atoms with Crippen LogP contribution in [0.5, 0.6) is 0 Å². The minimum atomic E-state index is -4.66. The number of thiol groups is 1. The van der Waals surface area contributed by atoms with Gasteiger partial charge in [-0.05, 0) is 17.7 Å². The second-order valence-corrected chi connectivity index (χ2v) is 6.46. The van der Waals surface area contributed by atoms with Crippen molar-refractivity contribution in [1.82, 2.24) is 9.80 Å². The van der Waals surface area contributed by atoms with Gasteiger partial charge in [0, 0.05) is 23.6 Å². The van der Waals surface area contributed by atoms with Crippen LogP contribution in [-0.4, -0.2) is 65.7 Å². The van der Waals surface area contributed by atoms with E-state index < -0.39 is 35.8 Å². The number of alkyl halides is 3. The number of hydrogen-bond donors (Lipinski definition) is 2. The van der Waals surface area contributed by atoms with Crippen LogP contribution < -0.4 is 0 Å². The van der Waals surface area contributed by atoms with Crippen LogP contribution >= 0.6 is 12.6 Å². The summed E-state index contributed by atoms with van der Waals surface area (Å²) >= 11 is 3.77. The maximum atomic E-state index is 13.1. The highest BCUT2D eigenvalue weighted by Gasteiger charge is 2.38. The highest BCUT2D eigenvalue weighted by Crippen LogP contribution is 2.35. The predicted octanol–water partition coefficient (Wildman–Crippen LogP) is 2.37. The van der Waals surface area contributed by atoms with Crippen molar-refractivity contribution < 1.29 is 37.4 Å². The van der Waals surface area contributed by atoms with Crippen molar-refractivity contribution in [2.75, 3.05) is 26.7 Å². The van der Waals surface area contributed by atoms with Gasteiger partial charge in [0.05, 0.1) is 19.2 Å². The predicted molar refractivity (Wildman–Crippen MR) is 94.8 cm³/mol. The lowest BCUT2D eigenvalue weighted by atomic mass is 10.0. The number of carboxylic acids is 1. The van der Waals surface area contributed by atoms with E-state index in [1.54, 1.807) is 0 Å². The number of rotatable bonds is 3. The molecule has 11 heteroatoms. The van der Waals surface area contributed by atoms with Crippen LogP contribution in [0.1, 0.15) is 11.1 Å². The van der Waals surface area contributed by atoms with Gasteiger partial charge >= 0.3 is 18.2 Å². The smallest absolute Gasteiger partial charge is 0.417 e. The number of halogens is 3. The minimum absolute atomic E-state index is 0.0203. The molecule has 1 N–H and O–H groups in total. The van der Waals surface area contributed by atoms with Crippen LogP contribution in [-0.2, 0) is 20.5 Å². The van der Waals surface area contributed by atoms with Gasteiger partial charge in [0.1, 0.15) is 0 Å². The zero-order chi connectivity index (χ0) is 21.2. The molecule has 1 fully saturated rings. The highest BCUT2D eigenvalue weighted by atomic mass is 32.1. The lowest BCUT2D eigenvalue weighted by molar-refractivity contribution is -0.146. The second kappa shape index (κ2) is 8.13. The summed E-state index contributed by atoms with van der Waals surface area (Å²) in [5.41, 5.74) is -1.30. The standard InChI is InChI=1S/C17H17F3N2O5S/c1-9(10-3-4-13(28)11(7-10)17(18,19)20)14(23)21-5-6-22(16(26)27-2)12(8-21)15(24)25/h3-4,7,12,28H,1,5-6,8H2,2H3,(H,24,25). The molecular formula is C17H17F3N2O5S. The van der Waals surface area contributed by atoms with E-state index >= 15 is 0 Å². The van der Waals surface area contributed by atoms with Gasteiger partial charge in [0.2, 0.25) is 0 Å². The van der Waals surface area contributed by atoms with Gasteiger partial charge in [0.25, 0.3) is 5.91 Å². The molecule has 1 aliphatic rings. The van der Waals surface area contributed by atoms with E-state index in [1.807, 2.05) is 0 Å². The molecule has 0 spiro atoms. The van der Waals surface area contributed by atoms with E-state index in [0.29, 0.717) is 0 Å². The van der Waals surface area contributed by atoms with Crippen molar-refractivity contribution in [2.45, 2.75) is 17.1 Å². The van der Waals surface area contributed by atoms with Crippen molar-refractivity contribution in [3.05, 3.63) is 35.9 Å². The molecule has 0 radical (unpaired) electrons. The van der Waals surface area contributed by atoms with Gasteiger partial charge in [-0.25, -0.2) is 9.59 Å². The first-order valence-electron chi connectivity index (χ1n) is 7.93. The Hall–Kier alpha value is -2.69. The molecule has 1 saturated heterocycles. The van der Waals surface area contributed by atoms with E-state index in [-0.39, 0.29) is 35.7 Å². The Morgan fingerprint density at radius 2 is 1.93 bits per heavy atom. The number of benzene rings is 1. The van der Waals surface area contributed by atoms with Gasteiger partial charge in [0.15, 0.2) is 6.04 Å². The van der Waals surface area contributed by atoms with Crippen LogP contribution in [0.4, 0.5) is 18.0 Å². The molecule has 2 rings (SSSR count). The van der Waals surface area contributed by atoms with Gasteiger partial charge in [-0.1, -0.05) is 12.6 Å². The number of carbonyl (C=O) groups is 3. The summed E-state index contributed by atoms with van der Waals surface area (Å²) in [7, 11) is 1.10. The molecule has 1 aliphatic heterocycles. The Balaban J connectivity index is 2.23. The lowest BCUT2D eigenvalue weighted by Gasteiger charge is -2.38. The third-order valence-electron chi connectivity index (χ3n) is 4.27. The zero-order valence-electron chi connectivity index (χ0n) is 14.7. The second-order valence-electron chi connectivity index (χ2n) is 5.98. The van der Waals surface area contributed by atoms with E-state index in [9.17, 15) is 32.7 Å². The van der Waals surface area contributed by atoms with Crippen molar-refractivity contribution in [3.63, 3.8) is 0 Å². The van der Waals surface area contributed by atoms with Gasteiger partial charge in [-0.2, -0.15) is 13.2 Å². The monoisotopic (exact) mass is 418 g/mol. The van der Waals surface area contributed by atoms with Crippen LogP contribution in [0, 0.1) is 0 Å². The number of carbonyl (C=O) groups excluding carboxylic acids is 2. The molecule has 0 aliphatic carbocycles. The van der Waals surface area contributed by atoms with Gasteiger partial charge in [-0.3, -0.25) is 9.69 Å². The Labute approximate surface area is 163 Å². The Morgan fingerprint density at radius 1 is 1.29 bits per heavy atom. The quantitative estimate of drug-likeness (QED) is 0.582. The number of methoxy groups -OCH3 is 1. The number of carboxylic acid groups (broad SMARTS) is 1. The number of aliphatic carboxylic acids is 1. The van der Waals surface area contributed by atoms with Crippen LogP contribution in [0.15, 0.2) is 29.7 Å². The van der Waals surface area contributed by atoms with Crippen LogP contribution in [0.2, 0.25) is 0 Å². The van der Waals surface area contributed by atoms with Crippen LogP contribution in [0.25, 0.3) is 5.57 Å². The molecule has 1 heterocycles. The molecule has 0 bridgehead atoms. The zero-order valence-corrected chi connectivity index (χ0v) is 15.6. The first-order chi connectivity index (χ1) is 13.0. The maximum absolute atomic E-state index is 13.1. The molecule has 152 valence electrons. The summed E-state index contributed by atoms with van der Waals surface area (Å²) in [6.45, 7) is 3.08.